The van der Waals surface area contributed by atoms with Gasteiger partial charge in [-0.3, -0.25) is 0 Å². The molecule has 2 nitrogen and oxygen atoms in total. The van der Waals surface area contributed by atoms with E-state index in [1.54, 1.807) is 6.07 Å². The predicted octanol–water partition coefficient (Wildman–Crippen LogP) is 1.68. The van der Waals surface area contributed by atoms with Crippen LogP contribution in [0.5, 0.6) is 5.75 Å². The quantitative estimate of drug-likeness (QED) is 0.774. The summed E-state index contributed by atoms with van der Waals surface area (Å²) in [6.07, 6.45) is 0.344. The molecule has 0 atom stereocenters. The van der Waals surface area contributed by atoms with Crippen molar-refractivity contribution in [3.63, 3.8) is 0 Å². The number of aliphatic hydroxyl groups excluding tert-OH is 1. The molecule has 1 aromatic carbocycles. The van der Waals surface area contributed by atoms with E-state index < -0.39 is 0 Å². The first kappa shape index (κ1) is 9.99. The number of hydrogen-bond donors (Lipinski definition) is 1. The first-order valence-corrected chi connectivity index (χ1v) is 4.13. The topological polar surface area (TPSA) is 29.5 Å². The van der Waals surface area contributed by atoms with Gasteiger partial charge in [-0.05, 0) is 30.5 Å². The molecule has 72 valence electrons. The van der Waals surface area contributed by atoms with E-state index >= 15 is 0 Å². The van der Waals surface area contributed by atoms with Crippen LogP contribution in [0.2, 0.25) is 0 Å². The van der Waals surface area contributed by atoms with Crippen LogP contribution in [-0.4, -0.2) is 18.8 Å². The van der Waals surface area contributed by atoms with Crippen molar-refractivity contribution in [2.24, 2.45) is 0 Å². The molecule has 0 saturated heterocycles. The van der Waals surface area contributed by atoms with Gasteiger partial charge >= 0.3 is 0 Å². The molecule has 0 spiro atoms. The van der Waals surface area contributed by atoms with E-state index in [2.05, 4.69) is 0 Å². The van der Waals surface area contributed by atoms with Gasteiger partial charge in [0.15, 0.2) is 0 Å². The van der Waals surface area contributed by atoms with Gasteiger partial charge in [0, 0.05) is 12.7 Å². The number of halogens is 1. The number of ether oxygens (including phenoxy) is 1. The van der Waals surface area contributed by atoms with Crippen molar-refractivity contribution in [2.75, 3.05) is 13.7 Å². The van der Waals surface area contributed by atoms with E-state index in [9.17, 15) is 4.39 Å². The van der Waals surface area contributed by atoms with Crippen molar-refractivity contribution in [3.8, 4) is 5.75 Å². The monoisotopic (exact) mass is 184 g/mol. The summed E-state index contributed by atoms with van der Waals surface area (Å²) in [6, 6.07) is 3.05. The maximum Gasteiger partial charge on any atom is 0.130 e. The molecule has 0 aliphatic carbocycles. The third kappa shape index (κ3) is 2.18. The van der Waals surface area contributed by atoms with E-state index in [1.807, 2.05) is 6.92 Å². The molecule has 0 unspecified atom stereocenters. The maximum atomic E-state index is 13.2. The van der Waals surface area contributed by atoms with E-state index in [0.717, 1.165) is 5.56 Å². The smallest absolute Gasteiger partial charge is 0.130 e. The number of aliphatic hydroxyl groups is 1. The van der Waals surface area contributed by atoms with Crippen molar-refractivity contribution >= 4 is 0 Å². The highest BCUT2D eigenvalue weighted by Gasteiger charge is 2.06. The second-order valence-electron chi connectivity index (χ2n) is 2.89. The van der Waals surface area contributed by atoms with Crippen molar-refractivity contribution in [3.05, 3.63) is 29.1 Å². The van der Waals surface area contributed by atoms with Crippen molar-refractivity contribution < 1.29 is 14.2 Å². The summed E-state index contributed by atoms with van der Waals surface area (Å²) in [7, 11) is 1.51. The normalized spacial score (nSPS) is 10.2. The molecule has 1 aromatic rings. The van der Waals surface area contributed by atoms with Crippen LogP contribution in [-0.2, 0) is 6.42 Å². The first-order valence-electron chi connectivity index (χ1n) is 4.13. The van der Waals surface area contributed by atoms with Crippen LogP contribution < -0.4 is 4.74 Å². The summed E-state index contributed by atoms with van der Waals surface area (Å²) in [4.78, 5) is 0. The number of hydrogen-bond acceptors (Lipinski definition) is 2. The molecule has 0 aliphatic rings. The van der Waals surface area contributed by atoms with Crippen LogP contribution in [0.1, 0.15) is 11.1 Å². The molecule has 0 amide bonds. The van der Waals surface area contributed by atoms with Gasteiger partial charge in [-0.25, -0.2) is 4.39 Å². The average molecular weight is 184 g/mol. The Morgan fingerprint density at radius 3 is 2.69 bits per heavy atom. The van der Waals surface area contributed by atoms with Crippen molar-refractivity contribution in [1.82, 2.24) is 0 Å². The lowest BCUT2D eigenvalue weighted by Gasteiger charge is -2.07. The third-order valence-electron chi connectivity index (χ3n) is 1.95. The Hall–Kier alpha value is -1.09. The average Bonchev–Trinajstić information content (AvgIpc) is 2.11. The lowest BCUT2D eigenvalue weighted by molar-refractivity contribution is 0.297. The van der Waals surface area contributed by atoms with Crippen LogP contribution >= 0.6 is 0 Å². The van der Waals surface area contributed by atoms with E-state index in [-0.39, 0.29) is 12.4 Å². The Bertz CT molecular complexity index is 297. The van der Waals surface area contributed by atoms with E-state index in [1.165, 1.54) is 13.2 Å². The van der Waals surface area contributed by atoms with Crippen molar-refractivity contribution in [2.45, 2.75) is 13.3 Å². The molecule has 0 bridgehead atoms. The molecule has 3 heteroatoms. The van der Waals surface area contributed by atoms with Crippen LogP contribution in [0.25, 0.3) is 0 Å². The molecular formula is C10H13FO2. The van der Waals surface area contributed by atoms with Gasteiger partial charge < -0.3 is 9.84 Å². The highest BCUT2D eigenvalue weighted by Crippen LogP contribution is 2.21. The van der Waals surface area contributed by atoms with E-state index in [4.69, 9.17) is 9.84 Å². The lowest BCUT2D eigenvalue weighted by atomic mass is 10.1. The van der Waals surface area contributed by atoms with Gasteiger partial charge in [0.05, 0.1) is 7.11 Å². The van der Waals surface area contributed by atoms with E-state index in [0.29, 0.717) is 17.7 Å². The summed E-state index contributed by atoms with van der Waals surface area (Å²) in [5.74, 6) is 0.218. The molecule has 1 N–H and O–H groups in total. The van der Waals surface area contributed by atoms with Crippen LogP contribution in [0, 0.1) is 12.7 Å². The molecule has 0 heterocycles. The Labute approximate surface area is 77.0 Å². The molecule has 1 rings (SSSR count). The Kier molecular flexibility index (Phi) is 3.25. The molecule has 0 aromatic heterocycles. The van der Waals surface area contributed by atoms with Gasteiger partial charge in [0.1, 0.15) is 11.6 Å². The molecule has 13 heavy (non-hydrogen) atoms. The maximum absolute atomic E-state index is 13.2. The number of methoxy groups -OCH3 is 1. The van der Waals surface area contributed by atoms with Crippen LogP contribution in [0.15, 0.2) is 12.1 Å². The van der Waals surface area contributed by atoms with Crippen molar-refractivity contribution in [1.29, 1.82) is 0 Å². The first-order chi connectivity index (χ1) is 6.19. The Morgan fingerprint density at radius 1 is 1.46 bits per heavy atom. The summed E-state index contributed by atoms with van der Waals surface area (Å²) < 4.78 is 18.2. The molecular weight excluding hydrogens is 171 g/mol. The molecule has 0 saturated carbocycles. The summed E-state index contributed by atoms with van der Waals surface area (Å²) in [5.41, 5.74) is 1.41. The fraction of sp³-hybridized carbons (Fsp3) is 0.400. The predicted molar refractivity (Wildman–Crippen MR) is 48.5 cm³/mol. The largest absolute Gasteiger partial charge is 0.496 e. The summed E-state index contributed by atoms with van der Waals surface area (Å²) in [5, 5.41) is 8.66. The molecule has 0 radical (unpaired) electrons. The zero-order valence-corrected chi connectivity index (χ0v) is 7.80. The van der Waals surface area contributed by atoms with Gasteiger partial charge in [-0.15, -0.1) is 0 Å². The second kappa shape index (κ2) is 4.23. The minimum Gasteiger partial charge on any atom is -0.496 e. The molecule has 0 aliphatic heterocycles. The fourth-order valence-electron chi connectivity index (χ4n) is 1.25. The SMILES string of the molecule is COc1cc(F)c(CCO)cc1C. The highest BCUT2D eigenvalue weighted by atomic mass is 19.1. The third-order valence-corrected chi connectivity index (χ3v) is 1.95. The zero-order chi connectivity index (χ0) is 9.84. The van der Waals surface area contributed by atoms with Gasteiger partial charge in [0.2, 0.25) is 0 Å². The highest BCUT2D eigenvalue weighted by molar-refractivity contribution is 5.37. The van der Waals surface area contributed by atoms with Crippen LogP contribution in [0.3, 0.4) is 0 Å². The number of aryl methyl sites for hydroxylation is 1. The standard InChI is InChI=1S/C10H13FO2/c1-7-5-8(3-4-12)9(11)6-10(7)13-2/h5-6,12H,3-4H2,1-2H3. The van der Waals surface area contributed by atoms with Crippen LogP contribution in [0.4, 0.5) is 4.39 Å². The Balaban J connectivity index is 3.05. The fourth-order valence-corrected chi connectivity index (χ4v) is 1.25. The summed E-state index contributed by atoms with van der Waals surface area (Å²) >= 11 is 0. The number of rotatable bonds is 3. The van der Waals surface area contributed by atoms with Gasteiger partial charge in [0.25, 0.3) is 0 Å². The summed E-state index contributed by atoms with van der Waals surface area (Å²) in [6.45, 7) is 1.81. The zero-order valence-electron chi connectivity index (χ0n) is 7.80. The minimum atomic E-state index is -0.323. The lowest BCUT2D eigenvalue weighted by Crippen LogP contribution is -1.97. The second-order valence-corrected chi connectivity index (χ2v) is 2.89. The minimum absolute atomic E-state index is 0.0390. The Morgan fingerprint density at radius 2 is 2.15 bits per heavy atom. The van der Waals surface area contributed by atoms with Gasteiger partial charge in [-0.1, -0.05) is 0 Å². The number of benzene rings is 1. The van der Waals surface area contributed by atoms with Gasteiger partial charge in [-0.2, -0.15) is 0 Å². The molecule has 0 fully saturated rings.